The molecule has 0 bridgehead atoms. The molecule has 0 atom stereocenters. The van der Waals surface area contributed by atoms with Gasteiger partial charge in [-0.25, -0.2) is 0 Å². The number of nitrogens with zero attached hydrogens (tertiary/aromatic N) is 3. The number of aryl methyl sites for hydroxylation is 1. The van der Waals surface area contributed by atoms with E-state index in [0.29, 0.717) is 4.88 Å². The average molecular weight is 376 g/mol. The van der Waals surface area contributed by atoms with E-state index in [1.807, 2.05) is 49.6 Å². The van der Waals surface area contributed by atoms with Gasteiger partial charge in [-0.3, -0.25) is 9.48 Å². The fourth-order valence-electron chi connectivity index (χ4n) is 2.09. The summed E-state index contributed by atoms with van der Waals surface area (Å²) in [6, 6.07) is 11.9. The highest BCUT2D eigenvalue weighted by molar-refractivity contribution is 9.10. The van der Waals surface area contributed by atoms with Crippen LogP contribution in [0.4, 0.5) is 5.69 Å². The van der Waals surface area contributed by atoms with Gasteiger partial charge in [0, 0.05) is 29.6 Å². The standard InChI is InChI=1S/C16H14BrN3OS/c1-19-10-13(9-18-19)20(2)16(21)15-8-7-14(22-15)11-3-5-12(17)6-4-11/h3-10H,1-2H3. The summed E-state index contributed by atoms with van der Waals surface area (Å²) in [6.07, 6.45) is 3.50. The molecule has 1 aromatic carbocycles. The summed E-state index contributed by atoms with van der Waals surface area (Å²) in [5.41, 5.74) is 1.89. The summed E-state index contributed by atoms with van der Waals surface area (Å²) < 4.78 is 2.72. The summed E-state index contributed by atoms with van der Waals surface area (Å²) in [6.45, 7) is 0. The highest BCUT2D eigenvalue weighted by atomic mass is 79.9. The van der Waals surface area contributed by atoms with Crippen LogP contribution in [-0.4, -0.2) is 22.7 Å². The Balaban J connectivity index is 1.84. The van der Waals surface area contributed by atoms with Crippen molar-refractivity contribution in [2.45, 2.75) is 0 Å². The minimum Gasteiger partial charge on any atom is -0.308 e. The van der Waals surface area contributed by atoms with Gasteiger partial charge in [-0.2, -0.15) is 5.10 Å². The van der Waals surface area contributed by atoms with Crippen molar-refractivity contribution in [1.82, 2.24) is 9.78 Å². The van der Waals surface area contributed by atoms with Crippen LogP contribution in [-0.2, 0) is 7.05 Å². The van der Waals surface area contributed by atoms with Crippen molar-refractivity contribution in [3.8, 4) is 10.4 Å². The highest BCUT2D eigenvalue weighted by Gasteiger charge is 2.17. The Morgan fingerprint density at radius 2 is 1.95 bits per heavy atom. The van der Waals surface area contributed by atoms with E-state index in [1.54, 1.807) is 22.8 Å². The number of rotatable bonds is 3. The van der Waals surface area contributed by atoms with Crippen LogP contribution in [0.25, 0.3) is 10.4 Å². The largest absolute Gasteiger partial charge is 0.308 e. The molecule has 0 fully saturated rings. The molecule has 4 nitrogen and oxygen atoms in total. The summed E-state index contributed by atoms with van der Waals surface area (Å²) in [4.78, 5) is 16.0. The number of carbonyl (C=O) groups excluding carboxylic acids is 1. The number of hydrogen-bond acceptors (Lipinski definition) is 3. The Labute approximate surface area is 141 Å². The molecule has 0 aliphatic carbocycles. The normalized spacial score (nSPS) is 10.7. The Kier molecular flexibility index (Phi) is 4.13. The third kappa shape index (κ3) is 2.98. The van der Waals surface area contributed by atoms with Gasteiger partial charge in [0.1, 0.15) is 0 Å². The minimum absolute atomic E-state index is 0.0265. The van der Waals surface area contributed by atoms with Crippen LogP contribution in [0.15, 0.2) is 53.3 Å². The Morgan fingerprint density at radius 1 is 1.23 bits per heavy atom. The van der Waals surface area contributed by atoms with Crippen LogP contribution in [0.3, 0.4) is 0 Å². The lowest BCUT2D eigenvalue weighted by Gasteiger charge is -2.13. The first kappa shape index (κ1) is 15.0. The van der Waals surface area contributed by atoms with E-state index in [0.717, 1.165) is 20.6 Å². The van der Waals surface area contributed by atoms with Crippen LogP contribution in [0.2, 0.25) is 0 Å². The van der Waals surface area contributed by atoms with Crippen LogP contribution in [0.1, 0.15) is 9.67 Å². The fraction of sp³-hybridized carbons (Fsp3) is 0.125. The van der Waals surface area contributed by atoms with Gasteiger partial charge in [-0.15, -0.1) is 11.3 Å². The molecule has 0 N–H and O–H groups in total. The van der Waals surface area contributed by atoms with Gasteiger partial charge in [0.2, 0.25) is 0 Å². The lowest BCUT2D eigenvalue weighted by atomic mass is 10.2. The average Bonchev–Trinajstić information content (AvgIpc) is 3.15. The maximum atomic E-state index is 12.5. The maximum Gasteiger partial charge on any atom is 0.268 e. The number of amides is 1. The third-order valence-electron chi connectivity index (χ3n) is 3.33. The second-order valence-electron chi connectivity index (χ2n) is 4.91. The second kappa shape index (κ2) is 6.06. The van der Waals surface area contributed by atoms with Crippen molar-refractivity contribution in [2.75, 3.05) is 11.9 Å². The monoisotopic (exact) mass is 375 g/mol. The van der Waals surface area contributed by atoms with E-state index in [2.05, 4.69) is 21.0 Å². The predicted molar refractivity (Wildman–Crippen MR) is 93.4 cm³/mol. The van der Waals surface area contributed by atoms with Gasteiger partial charge < -0.3 is 4.90 Å². The summed E-state index contributed by atoms with van der Waals surface area (Å²) in [5, 5.41) is 4.10. The van der Waals surface area contributed by atoms with Crippen molar-refractivity contribution in [1.29, 1.82) is 0 Å². The molecule has 0 aliphatic rings. The molecule has 0 spiro atoms. The molecular weight excluding hydrogens is 362 g/mol. The van der Waals surface area contributed by atoms with Crippen molar-refractivity contribution < 1.29 is 4.79 Å². The van der Waals surface area contributed by atoms with Gasteiger partial charge in [-0.1, -0.05) is 28.1 Å². The van der Waals surface area contributed by atoms with E-state index in [-0.39, 0.29) is 5.91 Å². The van der Waals surface area contributed by atoms with E-state index in [9.17, 15) is 4.79 Å². The molecule has 22 heavy (non-hydrogen) atoms. The minimum atomic E-state index is -0.0265. The van der Waals surface area contributed by atoms with Gasteiger partial charge in [-0.05, 0) is 29.8 Å². The number of hydrogen-bond donors (Lipinski definition) is 0. The molecule has 112 valence electrons. The number of thiophene rings is 1. The molecule has 2 aromatic heterocycles. The Morgan fingerprint density at radius 3 is 2.59 bits per heavy atom. The number of carbonyl (C=O) groups is 1. The zero-order valence-electron chi connectivity index (χ0n) is 12.2. The second-order valence-corrected chi connectivity index (χ2v) is 6.91. The molecular formula is C16H14BrN3OS. The molecule has 3 aromatic rings. The molecule has 0 unspecified atom stereocenters. The van der Waals surface area contributed by atoms with Crippen LogP contribution in [0, 0.1) is 0 Å². The van der Waals surface area contributed by atoms with E-state index in [4.69, 9.17) is 0 Å². The van der Waals surface area contributed by atoms with Crippen LogP contribution in [0.5, 0.6) is 0 Å². The molecule has 0 saturated heterocycles. The van der Waals surface area contributed by atoms with Crippen molar-refractivity contribution in [3.63, 3.8) is 0 Å². The molecule has 6 heteroatoms. The van der Waals surface area contributed by atoms with Gasteiger partial charge in [0.05, 0.1) is 16.8 Å². The highest BCUT2D eigenvalue weighted by Crippen LogP contribution is 2.30. The topological polar surface area (TPSA) is 38.1 Å². The molecule has 3 rings (SSSR count). The zero-order valence-corrected chi connectivity index (χ0v) is 14.6. The van der Waals surface area contributed by atoms with E-state index < -0.39 is 0 Å². The molecule has 0 aliphatic heterocycles. The number of aromatic nitrogens is 2. The van der Waals surface area contributed by atoms with Crippen LogP contribution < -0.4 is 4.90 Å². The summed E-state index contributed by atoms with van der Waals surface area (Å²) in [7, 11) is 3.59. The van der Waals surface area contributed by atoms with Gasteiger partial charge in [0.15, 0.2) is 0 Å². The van der Waals surface area contributed by atoms with E-state index in [1.165, 1.54) is 11.3 Å². The molecule has 1 amide bonds. The quantitative estimate of drug-likeness (QED) is 0.688. The lowest BCUT2D eigenvalue weighted by Crippen LogP contribution is -2.24. The Hall–Kier alpha value is -1.92. The van der Waals surface area contributed by atoms with Crippen LogP contribution >= 0.6 is 27.3 Å². The summed E-state index contributed by atoms with van der Waals surface area (Å²) in [5.74, 6) is -0.0265. The lowest BCUT2D eigenvalue weighted by molar-refractivity contribution is 0.0997. The first-order chi connectivity index (χ1) is 10.5. The van der Waals surface area contributed by atoms with Crippen molar-refractivity contribution >= 4 is 38.9 Å². The molecule has 0 radical (unpaired) electrons. The Bertz CT molecular complexity index is 807. The van der Waals surface area contributed by atoms with Gasteiger partial charge in [0.25, 0.3) is 5.91 Å². The zero-order chi connectivity index (χ0) is 15.7. The van der Waals surface area contributed by atoms with Crippen molar-refractivity contribution in [3.05, 3.63) is 58.1 Å². The smallest absolute Gasteiger partial charge is 0.268 e. The molecule has 0 saturated carbocycles. The van der Waals surface area contributed by atoms with E-state index >= 15 is 0 Å². The molecule has 2 heterocycles. The predicted octanol–water partition coefficient (Wildman–Crippen LogP) is 4.19. The number of halogens is 1. The number of benzene rings is 1. The SMILES string of the molecule is CN(C(=O)c1ccc(-c2ccc(Br)cc2)s1)c1cnn(C)c1. The first-order valence-electron chi connectivity index (χ1n) is 6.67. The van der Waals surface area contributed by atoms with Crippen molar-refractivity contribution in [2.24, 2.45) is 7.05 Å². The third-order valence-corrected chi connectivity index (χ3v) is 4.98. The number of anilines is 1. The summed E-state index contributed by atoms with van der Waals surface area (Å²) >= 11 is 4.92. The first-order valence-corrected chi connectivity index (χ1v) is 8.28. The van der Waals surface area contributed by atoms with Gasteiger partial charge >= 0.3 is 0 Å². The fourth-order valence-corrected chi connectivity index (χ4v) is 3.34. The maximum absolute atomic E-state index is 12.5.